The van der Waals surface area contributed by atoms with Gasteiger partial charge in [-0.1, -0.05) is 0 Å². The molecule has 0 bridgehead atoms. The Morgan fingerprint density at radius 1 is 1.50 bits per heavy atom. The van der Waals surface area contributed by atoms with E-state index in [2.05, 4.69) is 5.10 Å². The van der Waals surface area contributed by atoms with Gasteiger partial charge in [0.25, 0.3) is 0 Å². The first kappa shape index (κ1) is 12.2. The molecule has 1 amide bonds. The highest BCUT2D eigenvalue weighted by Crippen LogP contribution is 2.08. The predicted octanol–water partition coefficient (Wildman–Crippen LogP) is 0.694. The van der Waals surface area contributed by atoms with Crippen molar-refractivity contribution in [3.8, 4) is 0 Å². The summed E-state index contributed by atoms with van der Waals surface area (Å²) in [5.41, 5.74) is 4.87. The van der Waals surface area contributed by atoms with Crippen LogP contribution in [0.3, 0.4) is 0 Å². The Kier molecular flexibility index (Phi) is 3.31. The minimum Gasteiger partial charge on any atom is -0.442 e. The van der Waals surface area contributed by atoms with E-state index in [0.717, 1.165) is 4.68 Å². The van der Waals surface area contributed by atoms with Crippen molar-refractivity contribution in [3.05, 3.63) is 18.0 Å². The molecule has 0 saturated carbocycles. The highest BCUT2D eigenvalue weighted by molar-refractivity contribution is 5.76. The van der Waals surface area contributed by atoms with Crippen LogP contribution in [0.25, 0.3) is 0 Å². The van der Waals surface area contributed by atoms with Gasteiger partial charge in [0.2, 0.25) is 5.91 Å². The Bertz CT molecular complexity index is 404. The van der Waals surface area contributed by atoms with Gasteiger partial charge in [0.05, 0.1) is 12.1 Å². The second-order valence-electron chi connectivity index (χ2n) is 4.38. The lowest BCUT2D eigenvalue weighted by molar-refractivity contribution is -0.117. The Morgan fingerprint density at radius 3 is 2.62 bits per heavy atom. The van der Waals surface area contributed by atoms with Crippen LogP contribution in [0.5, 0.6) is 0 Å². The normalized spacial score (nSPS) is 11.2. The van der Waals surface area contributed by atoms with Gasteiger partial charge in [-0.05, 0) is 26.8 Å². The summed E-state index contributed by atoms with van der Waals surface area (Å²) in [4.78, 5) is 22.2. The number of carbonyl (C=O) groups is 2. The van der Waals surface area contributed by atoms with Gasteiger partial charge >= 0.3 is 6.09 Å². The molecule has 1 heterocycles. The third-order valence-electron chi connectivity index (χ3n) is 1.58. The summed E-state index contributed by atoms with van der Waals surface area (Å²) >= 11 is 0. The third kappa shape index (κ3) is 3.72. The first-order chi connectivity index (χ1) is 7.28. The van der Waals surface area contributed by atoms with E-state index in [0.29, 0.717) is 5.69 Å². The summed E-state index contributed by atoms with van der Waals surface area (Å²) in [5, 5.41) is 3.88. The maximum Gasteiger partial charge on any atom is 0.435 e. The molecule has 0 aromatic carbocycles. The van der Waals surface area contributed by atoms with Crippen molar-refractivity contribution in [3.63, 3.8) is 0 Å². The lowest BCUT2D eigenvalue weighted by Gasteiger charge is -2.18. The summed E-state index contributed by atoms with van der Waals surface area (Å²) in [6, 6.07) is 1.55. The monoisotopic (exact) mass is 225 g/mol. The van der Waals surface area contributed by atoms with Crippen LogP contribution in [0.1, 0.15) is 26.5 Å². The number of aromatic nitrogens is 2. The molecule has 0 unspecified atom stereocenters. The molecule has 2 N–H and O–H groups in total. The summed E-state index contributed by atoms with van der Waals surface area (Å²) in [6.07, 6.45) is 0.866. The Morgan fingerprint density at radius 2 is 2.12 bits per heavy atom. The zero-order chi connectivity index (χ0) is 12.3. The second kappa shape index (κ2) is 4.34. The average Bonchev–Trinajstić information content (AvgIpc) is 2.48. The molecule has 1 rings (SSSR count). The number of amides is 1. The SMILES string of the molecule is CC(C)(C)OC(=O)n1ccc(CC(N)=O)n1. The van der Waals surface area contributed by atoms with E-state index in [1.165, 1.54) is 6.20 Å². The maximum absolute atomic E-state index is 11.5. The fraction of sp³-hybridized carbons (Fsp3) is 0.500. The molecule has 0 aliphatic heterocycles. The number of rotatable bonds is 2. The van der Waals surface area contributed by atoms with Gasteiger partial charge in [-0.3, -0.25) is 4.79 Å². The number of nitrogens with two attached hydrogens (primary N) is 1. The van der Waals surface area contributed by atoms with E-state index >= 15 is 0 Å². The standard InChI is InChI=1S/C10H15N3O3/c1-10(2,3)16-9(15)13-5-4-7(12-13)6-8(11)14/h4-5H,6H2,1-3H3,(H2,11,14). The highest BCUT2D eigenvalue weighted by Gasteiger charge is 2.18. The molecule has 0 atom stereocenters. The van der Waals surface area contributed by atoms with Crippen LogP contribution in [0.2, 0.25) is 0 Å². The fourth-order valence-electron chi connectivity index (χ4n) is 1.04. The first-order valence-electron chi connectivity index (χ1n) is 4.84. The van der Waals surface area contributed by atoms with E-state index in [9.17, 15) is 9.59 Å². The van der Waals surface area contributed by atoms with Gasteiger partial charge in [-0.15, -0.1) is 0 Å². The van der Waals surface area contributed by atoms with Gasteiger partial charge in [-0.2, -0.15) is 9.78 Å². The second-order valence-corrected chi connectivity index (χ2v) is 4.38. The third-order valence-corrected chi connectivity index (χ3v) is 1.58. The van der Waals surface area contributed by atoms with Crippen molar-refractivity contribution >= 4 is 12.0 Å². The van der Waals surface area contributed by atoms with Gasteiger partial charge < -0.3 is 10.5 Å². The van der Waals surface area contributed by atoms with Gasteiger partial charge in [0.1, 0.15) is 5.60 Å². The number of hydrogen-bond acceptors (Lipinski definition) is 4. The molecule has 1 aromatic heterocycles. The average molecular weight is 225 g/mol. The van der Waals surface area contributed by atoms with Gasteiger partial charge in [0.15, 0.2) is 0 Å². The quantitative estimate of drug-likeness (QED) is 0.802. The van der Waals surface area contributed by atoms with Crippen molar-refractivity contribution in [2.45, 2.75) is 32.8 Å². The molecule has 1 aromatic rings. The van der Waals surface area contributed by atoms with Crippen LogP contribution >= 0.6 is 0 Å². The van der Waals surface area contributed by atoms with E-state index in [4.69, 9.17) is 10.5 Å². The number of primary amides is 1. The molecule has 0 aliphatic carbocycles. The number of ether oxygens (including phenoxy) is 1. The van der Waals surface area contributed by atoms with E-state index in [1.54, 1.807) is 26.8 Å². The molecule has 6 heteroatoms. The molecule has 0 spiro atoms. The van der Waals surface area contributed by atoms with Crippen LogP contribution < -0.4 is 5.73 Å². The summed E-state index contributed by atoms with van der Waals surface area (Å²) in [5.74, 6) is -0.491. The van der Waals surface area contributed by atoms with Gasteiger partial charge in [0, 0.05) is 6.20 Å². The predicted molar refractivity (Wildman–Crippen MR) is 56.8 cm³/mol. The molecule has 0 fully saturated rings. The molecular formula is C10H15N3O3. The molecule has 16 heavy (non-hydrogen) atoms. The van der Waals surface area contributed by atoms with Crippen LogP contribution in [0.4, 0.5) is 4.79 Å². The Labute approximate surface area is 93.4 Å². The topological polar surface area (TPSA) is 87.2 Å². The lowest BCUT2D eigenvalue weighted by Crippen LogP contribution is -2.27. The summed E-state index contributed by atoms with van der Waals surface area (Å²) in [6.45, 7) is 5.29. The smallest absolute Gasteiger partial charge is 0.435 e. The van der Waals surface area contributed by atoms with Gasteiger partial charge in [-0.25, -0.2) is 4.79 Å². The number of carbonyl (C=O) groups excluding carboxylic acids is 2. The van der Waals surface area contributed by atoms with Crippen molar-refractivity contribution in [1.29, 1.82) is 0 Å². The maximum atomic E-state index is 11.5. The molecule has 88 valence electrons. The number of hydrogen-bond donors (Lipinski definition) is 1. The van der Waals surface area contributed by atoms with E-state index in [-0.39, 0.29) is 6.42 Å². The lowest BCUT2D eigenvalue weighted by atomic mass is 10.2. The first-order valence-corrected chi connectivity index (χ1v) is 4.84. The van der Waals surface area contributed by atoms with E-state index in [1.807, 2.05) is 0 Å². The molecular weight excluding hydrogens is 210 g/mol. The van der Waals surface area contributed by atoms with Crippen molar-refractivity contribution in [1.82, 2.24) is 9.78 Å². The fourth-order valence-corrected chi connectivity index (χ4v) is 1.04. The molecule has 6 nitrogen and oxygen atoms in total. The molecule has 0 saturated heterocycles. The minimum absolute atomic E-state index is 0.00972. The minimum atomic E-state index is -0.580. The number of nitrogens with zero attached hydrogens (tertiary/aromatic N) is 2. The van der Waals surface area contributed by atoms with Crippen molar-refractivity contribution in [2.75, 3.05) is 0 Å². The molecule has 0 aliphatic rings. The van der Waals surface area contributed by atoms with Crippen LogP contribution in [-0.2, 0) is 16.0 Å². The highest BCUT2D eigenvalue weighted by atomic mass is 16.6. The molecule has 0 radical (unpaired) electrons. The van der Waals surface area contributed by atoms with Crippen molar-refractivity contribution in [2.24, 2.45) is 5.73 Å². The summed E-state index contributed by atoms with van der Waals surface area (Å²) < 4.78 is 6.13. The Balaban J connectivity index is 2.71. The van der Waals surface area contributed by atoms with Crippen LogP contribution in [-0.4, -0.2) is 27.4 Å². The van der Waals surface area contributed by atoms with E-state index < -0.39 is 17.6 Å². The van der Waals surface area contributed by atoms with Crippen molar-refractivity contribution < 1.29 is 14.3 Å². The van der Waals surface area contributed by atoms with Crippen LogP contribution in [0.15, 0.2) is 12.3 Å². The largest absolute Gasteiger partial charge is 0.442 e. The Hall–Kier alpha value is -1.85. The van der Waals surface area contributed by atoms with Crippen LogP contribution in [0, 0.1) is 0 Å². The zero-order valence-electron chi connectivity index (χ0n) is 9.56. The summed E-state index contributed by atoms with van der Waals surface area (Å²) in [7, 11) is 0. The zero-order valence-corrected chi connectivity index (χ0v) is 9.56.